The van der Waals surface area contributed by atoms with Gasteiger partial charge in [-0.05, 0) is 55.8 Å². The topological polar surface area (TPSA) is 73.9 Å². The van der Waals surface area contributed by atoms with Gasteiger partial charge in [0.1, 0.15) is 12.3 Å². The van der Waals surface area contributed by atoms with Crippen molar-refractivity contribution in [2.45, 2.75) is 20.4 Å². The summed E-state index contributed by atoms with van der Waals surface area (Å²) in [7, 11) is 1.63. The van der Waals surface area contributed by atoms with Gasteiger partial charge < -0.3 is 9.64 Å². The van der Waals surface area contributed by atoms with Gasteiger partial charge in [0.05, 0.1) is 25.1 Å². The highest BCUT2D eigenvalue weighted by Crippen LogP contribution is 2.20. The van der Waals surface area contributed by atoms with Crippen LogP contribution in [0.4, 0.5) is 5.69 Å². The molecule has 0 aliphatic carbocycles. The van der Waals surface area contributed by atoms with Gasteiger partial charge >= 0.3 is 0 Å². The van der Waals surface area contributed by atoms with Crippen molar-refractivity contribution in [1.82, 2.24) is 0 Å². The molecule has 6 nitrogen and oxygen atoms in total. The molecule has 0 saturated heterocycles. The molecule has 0 unspecified atom stereocenters. The fraction of sp³-hybridized carbons (Fsp3) is 0.286. The molecule has 0 saturated carbocycles. The van der Waals surface area contributed by atoms with Gasteiger partial charge in [0.25, 0.3) is 5.69 Å². The first kappa shape index (κ1) is 20.3. The fourth-order valence-corrected chi connectivity index (χ4v) is 2.81. The summed E-state index contributed by atoms with van der Waals surface area (Å²) in [5.74, 6) is 0.664. The first-order chi connectivity index (χ1) is 13.0. The maximum atomic E-state index is 12.5. The van der Waals surface area contributed by atoms with E-state index in [1.54, 1.807) is 31.4 Å². The summed E-state index contributed by atoms with van der Waals surface area (Å²) in [4.78, 5) is 24.2. The van der Waals surface area contributed by atoms with Crippen LogP contribution in [0.2, 0.25) is 0 Å². The van der Waals surface area contributed by atoms with Gasteiger partial charge in [0, 0.05) is 23.3 Å². The van der Waals surface area contributed by atoms with E-state index >= 15 is 0 Å². The Morgan fingerprint density at radius 1 is 1.15 bits per heavy atom. The van der Waals surface area contributed by atoms with Crippen molar-refractivity contribution in [1.29, 1.82) is 0 Å². The average Bonchev–Trinajstić information content (AvgIpc) is 2.70. The largest absolute Gasteiger partial charge is 0.496 e. The molecular weight excluding hydrogens is 344 g/mol. The van der Waals surface area contributed by atoms with Crippen molar-refractivity contribution < 1.29 is 19.4 Å². The highest BCUT2D eigenvalue weighted by Gasteiger charge is 2.13. The lowest BCUT2D eigenvalue weighted by Crippen LogP contribution is -3.10. The quantitative estimate of drug-likeness (QED) is 0.319. The number of hydrogen-bond acceptors (Lipinski definition) is 4. The van der Waals surface area contributed by atoms with Crippen LogP contribution in [0.25, 0.3) is 6.08 Å². The van der Waals surface area contributed by atoms with Gasteiger partial charge in [-0.1, -0.05) is 6.08 Å². The summed E-state index contributed by atoms with van der Waals surface area (Å²) in [6, 6.07) is 11.5. The molecule has 6 heteroatoms. The number of nitro benzene ring substituents is 1. The second kappa shape index (κ2) is 9.64. The number of nitrogens with zero attached hydrogens (tertiary/aromatic N) is 1. The van der Waals surface area contributed by atoms with Crippen LogP contribution in [0.1, 0.15) is 35.3 Å². The molecule has 2 aromatic rings. The Bertz CT molecular complexity index is 825. The van der Waals surface area contributed by atoms with Crippen molar-refractivity contribution in [2.75, 3.05) is 20.2 Å². The number of ether oxygens (including phenoxy) is 1. The standard InChI is InChI=1S/C21H24N2O4/c1-4-22(5-2)15-18-14-17(9-13-21(18)27-3)20(24)12-8-16-6-10-19(11-7-16)23(25)26/h6-14H,4-5,15H2,1-3H3/p+1/b12-8+. The normalized spacial score (nSPS) is 11.1. The SMILES string of the molecule is CC[NH+](CC)Cc1cc(C(=O)/C=C/c2ccc([N+](=O)[O-])cc2)ccc1OC. The zero-order chi connectivity index (χ0) is 19.8. The first-order valence-corrected chi connectivity index (χ1v) is 8.95. The van der Waals surface area contributed by atoms with Gasteiger partial charge in [0.15, 0.2) is 5.78 Å². The summed E-state index contributed by atoms with van der Waals surface area (Å²) in [6.45, 7) is 7.06. The van der Waals surface area contributed by atoms with Gasteiger partial charge in [-0.25, -0.2) is 0 Å². The van der Waals surface area contributed by atoms with Crippen molar-refractivity contribution in [3.05, 3.63) is 75.3 Å². The van der Waals surface area contributed by atoms with Crippen molar-refractivity contribution >= 4 is 17.5 Å². The number of hydrogen-bond donors (Lipinski definition) is 1. The molecule has 0 fully saturated rings. The molecule has 27 heavy (non-hydrogen) atoms. The zero-order valence-corrected chi connectivity index (χ0v) is 15.9. The third-order valence-corrected chi connectivity index (χ3v) is 4.54. The van der Waals surface area contributed by atoms with E-state index in [0.717, 1.165) is 36.5 Å². The monoisotopic (exact) mass is 369 g/mol. The molecule has 0 aromatic heterocycles. The molecule has 2 rings (SSSR count). The van der Waals surface area contributed by atoms with E-state index in [1.165, 1.54) is 23.1 Å². The number of benzene rings is 2. The molecule has 1 N–H and O–H groups in total. The summed E-state index contributed by atoms with van der Waals surface area (Å²) in [6.07, 6.45) is 3.14. The Kier molecular flexibility index (Phi) is 7.25. The summed E-state index contributed by atoms with van der Waals surface area (Å²) in [5.41, 5.74) is 2.36. The molecule has 0 amide bonds. The highest BCUT2D eigenvalue weighted by atomic mass is 16.6. The maximum Gasteiger partial charge on any atom is 0.269 e. The minimum atomic E-state index is -0.449. The molecule has 0 aliphatic heterocycles. The number of allylic oxidation sites excluding steroid dienone is 1. The number of carbonyl (C=O) groups excluding carboxylic acids is 1. The number of carbonyl (C=O) groups is 1. The molecular formula is C21H25N2O4+. The molecule has 2 aromatic carbocycles. The van der Waals surface area contributed by atoms with E-state index in [9.17, 15) is 14.9 Å². The number of quaternary nitrogens is 1. The van der Waals surface area contributed by atoms with Crippen LogP contribution in [0, 0.1) is 10.1 Å². The van der Waals surface area contributed by atoms with Crippen LogP contribution in [0.5, 0.6) is 5.75 Å². The molecule has 0 heterocycles. The van der Waals surface area contributed by atoms with Crippen molar-refractivity contribution in [2.24, 2.45) is 0 Å². The van der Waals surface area contributed by atoms with E-state index in [2.05, 4.69) is 13.8 Å². The Hall–Kier alpha value is -2.99. The van der Waals surface area contributed by atoms with Crippen molar-refractivity contribution in [3.8, 4) is 5.75 Å². The van der Waals surface area contributed by atoms with Gasteiger partial charge in [-0.3, -0.25) is 14.9 Å². The second-order valence-corrected chi connectivity index (χ2v) is 6.21. The fourth-order valence-electron chi connectivity index (χ4n) is 2.81. The molecule has 0 radical (unpaired) electrons. The number of rotatable bonds is 9. The number of non-ortho nitro benzene ring substituents is 1. The Balaban J connectivity index is 2.18. The summed E-state index contributed by atoms with van der Waals surface area (Å²) >= 11 is 0. The maximum absolute atomic E-state index is 12.5. The van der Waals surface area contributed by atoms with Crippen LogP contribution in [0.3, 0.4) is 0 Å². The Morgan fingerprint density at radius 2 is 1.81 bits per heavy atom. The number of ketones is 1. The number of methoxy groups -OCH3 is 1. The average molecular weight is 369 g/mol. The van der Waals surface area contributed by atoms with Crippen LogP contribution < -0.4 is 9.64 Å². The first-order valence-electron chi connectivity index (χ1n) is 8.95. The lowest BCUT2D eigenvalue weighted by atomic mass is 10.0. The minimum Gasteiger partial charge on any atom is -0.496 e. The van der Waals surface area contributed by atoms with E-state index in [0.29, 0.717) is 5.56 Å². The van der Waals surface area contributed by atoms with E-state index in [1.807, 2.05) is 12.1 Å². The van der Waals surface area contributed by atoms with Gasteiger partial charge in [-0.15, -0.1) is 0 Å². The lowest BCUT2D eigenvalue weighted by Gasteiger charge is -2.17. The predicted octanol–water partition coefficient (Wildman–Crippen LogP) is 2.92. The van der Waals surface area contributed by atoms with Gasteiger partial charge in [0.2, 0.25) is 0 Å². The molecule has 0 atom stereocenters. The van der Waals surface area contributed by atoms with Crippen LogP contribution >= 0.6 is 0 Å². The molecule has 0 bridgehead atoms. The summed E-state index contributed by atoms with van der Waals surface area (Å²) in [5, 5.41) is 10.7. The Labute approximate surface area is 159 Å². The third-order valence-electron chi connectivity index (χ3n) is 4.54. The van der Waals surface area contributed by atoms with Crippen LogP contribution in [-0.2, 0) is 6.54 Å². The second-order valence-electron chi connectivity index (χ2n) is 6.21. The number of nitrogens with one attached hydrogen (secondary N) is 1. The Morgan fingerprint density at radius 3 is 2.37 bits per heavy atom. The van der Waals surface area contributed by atoms with Crippen molar-refractivity contribution in [3.63, 3.8) is 0 Å². The van der Waals surface area contributed by atoms with E-state index < -0.39 is 4.92 Å². The third kappa shape index (κ3) is 5.49. The van der Waals surface area contributed by atoms with Crippen LogP contribution in [0.15, 0.2) is 48.5 Å². The summed E-state index contributed by atoms with van der Waals surface area (Å²) < 4.78 is 5.43. The van der Waals surface area contributed by atoms with E-state index in [-0.39, 0.29) is 11.5 Å². The lowest BCUT2D eigenvalue weighted by molar-refractivity contribution is -0.910. The van der Waals surface area contributed by atoms with Crippen LogP contribution in [-0.4, -0.2) is 30.9 Å². The predicted molar refractivity (Wildman–Crippen MR) is 105 cm³/mol. The molecule has 0 aliphatic rings. The highest BCUT2D eigenvalue weighted by molar-refractivity contribution is 6.07. The molecule has 142 valence electrons. The number of nitro groups is 1. The van der Waals surface area contributed by atoms with Gasteiger partial charge in [-0.2, -0.15) is 0 Å². The zero-order valence-electron chi connectivity index (χ0n) is 15.9. The smallest absolute Gasteiger partial charge is 0.269 e. The minimum absolute atomic E-state index is 0.0252. The van der Waals surface area contributed by atoms with E-state index in [4.69, 9.17) is 4.74 Å². The molecule has 0 spiro atoms.